The van der Waals surface area contributed by atoms with E-state index in [0.29, 0.717) is 28.5 Å². The Bertz CT molecular complexity index is 1070. The number of alkyl halides is 3. The molecule has 1 aromatic heterocycles. The van der Waals surface area contributed by atoms with E-state index >= 15 is 0 Å². The lowest BCUT2D eigenvalue weighted by molar-refractivity contribution is -0.137. The van der Waals surface area contributed by atoms with Gasteiger partial charge in [-0.25, -0.2) is 4.98 Å². The number of methoxy groups -OCH3 is 1. The number of nitrogens with zero attached hydrogens (tertiary/aromatic N) is 2. The second-order valence-electron chi connectivity index (χ2n) is 6.63. The number of benzene rings is 2. The molecule has 0 aliphatic carbocycles. The van der Waals surface area contributed by atoms with Crippen molar-refractivity contribution in [2.75, 3.05) is 12.4 Å². The fourth-order valence-corrected chi connectivity index (χ4v) is 3.47. The normalized spacial score (nSPS) is 16.3. The van der Waals surface area contributed by atoms with Crippen molar-refractivity contribution in [2.24, 2.45) is 0 Å². The number of aromatic hydroxyl groups is 1. The second kappa shape index (κ2) is 6.84. The van der Waals surface area contributed by atoms with E-state index in [-0.39, 0.29) is 18.1 Å². The fraction of sp³-hybridized carbons (Fsp3) is 0.200. The number of hydrogen-bond acceptors (Lipinski definition) is 4. The SMILES string of the molecule is COc1ccc([C@@H]2CC(=O)Nc3ncn(-c4ccc(C(F)(F)F)cc4)c32)cc1O. The van der Waals surface area contributed by atoms with Crippen LogP contribution >= 0.6 is 0 Å². The molecule has 4 rings (SSSR count). The molecule has 1 aliphatic rings. The number of amides is 1. The monoisotopic (exact) mass is 403 g/mol. The number of nitrogens with one attached hydrogen (secondary N) is 1. The van der Waals surface area contributed by atoms with Gasteiger partial charge in [-0.2, -0.15) is 13.2 Å². The molecule has 9 heteroatoms. The zero-order chi connectivity index (χ0) is 20.8. The Labute approximate surface area is 163 Å². The first-order valence-corrected chi connectivity index (χ1v) is 8.69. The smallest absolute Gasteiger partial charge is 0.416 e. The number of carbonyl (C=O) groups is 1. The molecule has 150 valence electrons. The molecule has 0 bridgehead atoms. The molecule has 6 nitrogen and oxygen atoms in total. The highest BCUT2D eigenvalue weighted by Gasteiger charge is 2.33. The van der Waals surface area contributed by atoms with Crippen LogP contribution in [0.4, 0.5) is 19.0 Å². The standard InChI is InChI=1S/C20H16F3N3O3/c1-29-16-7-2-11(8-15(16)27)14-9-17(28)25-19-18(14)26(10-24-19)13-5-3-12(4-6-13)20(21,22)23/h2-8,10,14,27H,9H2,1H3,(H,25,28)/t14-/m0/s1. The van der Waals surface area contributed by atoms with Gasteiger partial charge in [-0.05, 0) is 42.0 Å². The van der Waals surface area contributed by atoms with E-state index in [0.717, 1.165) is 12.1 Å². The van der Waals surface area contributed by atoms with Gasteiger partial charge in [0.25, 0.3) is 0 Å². The summed E-state index contributed by atoms with van der Waals surface area (Å²) >= 11 is 0. The number of imidazole rings is 1. The number of carbonyl (C=O) groups excluding carboxylic acids is 1. The molecule has 1 aliphatic heterocycles. The average Bonchev–Trinajstić information content (AvgIpc) is 3.10. The van der Waals surface area contributed by atoms with Crippen LogP contribution in [0, 0.1) is 0 Å². The summed E-state index contributed by atoms with van der Waals surface area (Å²) in [6, 6.07) is 9.53. The molecule has 0 unspecified atom stereocenters. The highest BCUT2D eigenvalue weighted by atomic mass is 19.4. The first-order valence-electron chi connectivity index (χ1n) is 8.69. The number of halogens is 3. The van der Waals surface area contributed by atoms with Crippen LogP contribution < -0.4 is 10.1 Å². The average molecular weight is 403 g/mol. The van der Waals surface area contributed by atoms with E-state index in [1.54, 1.807) is 16.7 Å². The number of aromatic nitrogens is 2. The summed E-state index contributed by atoms with van der Waals surface area (Å²) in [5.74, 6) is -0.124. The van der Waals surface area contributed by atoms with Gasteiger partial charge in [0, 0.05) is 18.0 Å². The number of hydrogen-bond donors (Lipinski definition) is 2. The molecule has 1 atom stereocenters. The van der Waals surface area contributed by atoms with Crippen LogP contribution in [0.25, 0.3) is 5.69 Å². The molecule has 2 heterocycles. The van der Waals surface area contributed by atoms with Crippen molar-refractivity contribution in [3.05, 3.63) is 65.6 Å². The van der Waals surface area contributed by atoms with E-state index in [1.807, 2.05) is 0 Å². The highest BCUT2D eigenvalue weighted by Crippen LogP contribution is 2.40. The summed E-state index contributed by atoms with van der Waals surface area (Å²) in [5, 5.41) is 12.8. The van der Waals surface area contributed by atoms with E-state index in [1.165, 1.54) is 31.6 Å². The third-order valence-corrected chi connectivity index (χ3v) is 4.86. The molecule has 1 amide bonds. The van der Waals surface area contributed by atoms with E-state index in [9.17, 15) is 23.1 Å². The minimum Gasteiger partial charge on any atom is -0.504 e. The van der Waals surface area contributed by atoms with Gasteiger partial charge in [-0.15, -0.1) is 0 Å². The summed E-state index contributed by atoms with van der Waals surface area (Å²) in [7, 11) is 1.43. The number of anilines is 1. The van der Waals surface area contributed by atoms with Gasteiger partial charge in [-0.3, -0.25) is 4.79 Å². The van der Waals surface area contributed by atoms with E-state index < -0.39 is 17.7 Å². The molecule has 0 saturated heterocycles. The summed E-state index contributed by atoms with van der Waals surface area (Å²) < 4.78 is 45.3. The maximum atomic E-state index is 12.9. The first-order chi connectivity index (χ1) is 13.8. The summed E-state index contributed by atoms with van der Waals surface area (Å²) in [6.45, 7) is 0. The summed E-state index contributed by atoms with van der Waals surface area (Å²) in [4.78, 5) is 16.4. The Morgan fingerprint density at radius 1 is 1.21 bits per heavy atom. The van der Waals surface area contributed by atoms with Crippen LogP contribution in [0.15, 0.2) is 48.8 Å². The maximum Gasteiger partial charge on any atom is 0.416 e. The van der Waals surface area contributed by atoms with Crippen LogP contribution in [-0.4, -0.2) is 27.7 Å². The van der Waals surface area contributed by atoms with Crippen LogP contribution in [0.2, 0.25) is 0 Å². The van der Waals surface area contributed by atoms with Gasteiger partial charge in [0.15, 0.2) is 17.3 Å². The summed E-state index contributed by atoms with van der Waals surface area (Å²) in [6.07, 6.45) is -2.87. The Balaban J connectivity index is 1.79. The Morgan fingerprint density at radius 2 is 1.93 bits per heavy atom. The number of ether oxygens (including phenoxy) is 1. The van der Waals surface area contributed by atoms with Crippen molar-refractivity contribution in [1.29, 1.82) is 0 Å². The molecule has 0 saturated carbocycles. The van der Waals surface area contributed by atoms with E-state index in [4.69, 9.17) is 4.74 Å². The van der Waals surface area contributed by atoms with Crippen LogP contribution in [0.5, 0.6) is 11.5 Å². The molecule has 2 aromatic carbocycles. The zero-order valence-corrected chi connectivity index (χ0v) is 15.2. The lowest BCUT2D eigenvalue weighted by Crippen LogP contribution is -2.25. The van der Waals surface area contributed by atoms with Gasteiger partial charge < -0.3 is 19.7 Å². The van der Waals surface area contributed by atoms with Crippen molar-refractivity contribution in [3.63, 3.8) is 0 Å². The second-order valence-corrected chi connectivity index (χ2v) is 6.63. The van der Waals surface area contributed by atoms with Gasteiger partial charge in [-0.1, -0.05) is 6.07 Å². The largest absolute Gasteiger partial charge is 0.504 e. The molecule has 0 radical (unpaired) electrons. The first kappa shape index (κ1) is 18.9. The molecule has 0 fully saturated rings. The third-order valence-electron chi connectivity index (χ3n) is 4.86. The van der Waals surface area contributed by atoms with Crippen molar-refractivity contribution in [3.8, 4) is 17.2 Å². The quantitative estimate of drug-likeness (QED) is 0.691. The fourth-order valence-electron chi connectivity index (χ4n) is 3.47. The number of fused-ring (bicyclic) bond motifs is 1. The minimum absolute atomic E-state index is 0.0712. The Morgan fingerprint density at radius 3 is 2.55 bits per heavy atom. The van der Waals surface area contributed by atoms with Crippen LogP contribution in [0.3, 0.4) is 0 Å². The molecule has 0 spiro atoms. The third kappa shape index (κ3) is 3.39. The highest BCUT2D eigenvalue weighted by molar-refractivity contribution is 5.94. The number of phenols is 1. The topological polar surface area (TPSA) is 76.4 Å². The Kier molecular flexibility index (Phi) is 4.45. The predicted molar refractivity (Wildman–Crippen MR) is 98.3 cm³/mol. The zero-order valence-electron chi connectivity index (χ0n) is 15.2. The van der Waals surface area contributed by atoms with Gasteiger partial charge >= 0.3 is 6.18 Å². The summed E-state index contributed by atoms with van der Waals surface area (Å²) in [5.41, 5.74) is 1.01. The van der Waals surface area contributed by atoms with Crippen LogP contribution in [-0.2, 0) is 11.0 Å². The molecule has 29 heavy (non-hydrogen) atoms. The molecule has 2 N–H and O–H groups in total. The van der Waals surface area contributed by atoms with Gasteiger partial charge in [0.05, 0.1) is 18.4 Å². The van der Waals surface area contributed by atoms with Crippen molar-refractivity contribution in [1.82, 2.24) is 9.55 Å². The van der Waals surface area contributed by atoms with Crippen molar-refractivity contribution < 1.29 is 27.8 Å². The molecule has 3 aromatic rings. The van der Waals surface area contributed by atoms with Gasteiger partial charge in [0.1, 0.15) is 6.33 Å². The van der Waals surface area contributed by atoms with Crippen molar-refractivity contribution in [2.45, 2.75) is 18.5 Å². The molecular weight excluding hydrogens is 387 g/mol. The van der Waals surface area contributed by atoms with Crippen LogP contribution in [0.1, 0.15) is 29.2 Å². The predicted octanol–water partition coefficient (Wildman–Crippen LogP) is 4.08. The van der Waals surface area contributed by atoms with Crippen molar-refractivity contribution >= 4 is 11.7 Å². The molecular formula is C20H16F3N3O3. The minimum atomic E-state index is -4.43. The Hall–Kier alpha value is -3.49. The number of phenolic OH excluding ortho intramolecular Hbond substituents is 1. The lowest BCUT2D eigenvalue weighted by atomic mass is 9.89. The van der Waals surface area contributed by atoms with Gasteiger partial charge in [0.2, 0.25) is 5.91 Å². The lowest BCUT2D eigenvalue weighted by Gasteiger charge is -2.25. The van der Waals surface area contributed by atoms with E-state index in [2.05, 4.69) is 10.3 Å². The maximum absolute atomic E-state index is 12.9. The number of rotatable bonds is 3.